The van der Waals surface area contributed by atoms with Gasteiger partial charge in [-0.05, 0) is 105 Å². The molecule has 0 amide bonds. The molecule has 11 atom stereocenters. The van der Waals surface area contributed by atoms with Gasteiger partial charge in [0.25, 0.3) is 0 Å². The number of rotatable bonds is 4. The first-order valence-corrected chi connectivity index (χ1v) is 14.6. The van der Waals surface area contributed by atoms with Crippen molar-refractivity contribution < 1.29 is 24.1 Å². The van der Waals surface area contributed by atoms with E-state index in [4.69, 9.17) is 14.2 Å². The van der Waals surface area contributed by atoms with E-state index in [9.17, 15) is 9.90 Å². The lowest BCUT2D eigenvalue weighted by molar-refractivity contribution is -0.161. The van der Waals surface area contributed by atoms with Gasteiger partial charge in [-0.3, -0.25) is 0 Å². The average Bonchev–Trinajstić information content (AvgIpc) is 3.22. The van der Waals surface area contributed by atoms with Crippen molar-refractivity contribution in [3.8, 4) is 0 Å². The molecule has 0 spiro atoms. The van der Waals surface area contributed by atoms with Crippen molar-refractivity contribution in [1.29, 1.82) is 0 Å². The van der Waals surface area contributed by atoms with Crippen molar-refractivity contribution in [2.24, 2.45) is 46.3 Å². The van der Waals surface area contributed by atoms with Crippen LogP contribution in [-0.2, 0) is 14.2 Å². The maximum absolute atomic E-state index is 11.9. The van der Waals surface area contributed by atoms with E-state index >= 15 is 0 Å². The molecule has 200 valence electrons. The molecule has 5 heteroatoms. The minimum atomic E-state index is -0.639. The molecule has 5 fully saturated rings. The molecule has 0 aromatic heterocycles. The molecule has 2 heterocycles. The van der Waals surface area contributed by atoms with E-state index in [2.05, 4.69) is 34.6 Å². The summed E-state index contributed by atoms with van der Waals surface area (Å²) in [7, 11) is 0. The number of carbonyl (C=O) groups excluding carboxylic acids is 1. The summed E-state index contributed by atoms with van der Waals surface area (Å²) >= 11 is 0. The maximum Gasteiger partial charge on any atom is 0.509 e. The molecule has 2 saturated heterocycles. The van der Waals surface area contributed by atoms with Crippen LogP contribution in [0.1, 0.15) is 106 Å². The Labute approximate surface area is 213 Å². The number of ether oxygens (including phenoxy) is 3. The van der Waals surface area contributed by atoms with Crippen LogP contribution in [0, 0.1) is 46.3 Å². The van der Waals surface area contributed by atoms with Gasteiger partial charge in [0.05, 0.1) is 18.3 Å². The van der Waals surface area contributed by atoms with E-state index in [0.29, 0.717) is 35.0 Å². The van der Waals surface area contributed by atoms with E-state index in [0.717, 1.165) is 31.6 Å². The number of cyclic esters (lactones) is 2. The van der Waals surface area contributed by atoms with E-state index in [1.54, 1.807) is 0 Å². The molecule has 5 rings (SSSR count). The Morgan fingerprint density at radius 3 is 2.37 bits per heavy atom. The van der Waals surface area contributed by atoms with Crippen molar-refractivity contribution in [3.63, 3.8) is 0 Å². The Kier molecular flexibility index (Phi) is 6.56. The quantitative estimate of drug-likeness (QED) is 0.442. The van der Waals surface area contributed by atoms with Gasteiger partial charge in [0.2, 0.25) is 0 Å². The number of fused-ring (bicyclic) bond motifs is 3. The Balaban J connectivity index is 1.30. The van der Waals surface area contributed by atoms with Crippen LogP contribution in [0.3, 0.4) is 0 Å². The summed E-state index contributed by atoms with van der Waals surface area (Å²) in [6.45, 7) is 15.9. The van der Waals surface area contributed by atoms with Crippen LogP contribution in [-0.4, -0.2) is 41.3 Å². The Hall–Kier alpha value is -0.810. The lowest BCUT2D eigenvalue weighted by atomic mass is 9.56. The predicted octanol–water partition coefficient (Wildman–Crippen LogP) is 6.75. The molecular weight excluding hydrogens is 440 g/mol. The monoisotopic (exact) mass is 490 g/mol. The zero-order chi connectivity index (χ0) is 25.3. The molecular formula is C30H50O5. The number of hydrogen-bond acceptors (Lipinski definition) is 5. The summed E-state index contributed by atoms with van der Waals surface area (Å²) < 4.78 is 17.9. The van der Waals surface area contributed by atoms with E-state index in [-0.39, 0.29) is 29.8 Å². The molecule has 0 aromatic rings. The van der Waals surface area contributed by atoms with Gasteiger partial charge in [-0.15, -0.1) is 0 Å². The Bertz CT molecular complexity index is 807. The fourth-order valence-corrected chi connectivity index (χ4v) is 9.95. The smallest absolute Gasteiger partial charge is 0.424 e. The van der Waals surface area contributed by atoms with Gasteiger partial charge >= 0.3 is 6.16 Å². The number of carbonyl (C=O) groups is 1. The minimum Gasteiger partial charge on any atom is -0.424 e. The summed E-state index contributed by atoms with van der Waals surface area (Å²) in [5.74, 6) is 3.88. The minimum absolute atomic E-state index is 0.0116. The second-order valence-corrected chi connectivity index (χ2v) is 14.5. The van der Waals surface area contributed by atoms with Crippen LogP contribution in [0.25, 0.3) is 0 Å². The van der Waals surface area contributed by atoms with Crippen LogP contribution >= 0.6 is 0 Å². The molecule has 0 bridgehead atoms. The highest BCUT2D eigenvalue weighted by atomic mass is 16.8. The summed E-state index contributed by atoms with van der Waals surface area (Å²) in [5, 5.41) is 10.7. The van der Waals surface area contributed by atoms with Crippen molar-refractivity contribution in [2.75, 3.05) is 0 Å². The number of aliphatic hydroxyl groups excluding tert-OH is 1. The second kappa shape index (κ2) is 8.89. The molecule has 1 N–H and O–H groups in total. The van der Waals surface area contributed by atoms with Crippen LogP contribution in [0.2, 0.25) is 0 Å². The predicted molar refractivity (Wildman–Crippen MR) is 136 cm³/mol. The molecule has 0 aromatic carbocycles. The maximum atomic E-state index is 11.9. The number of aliphatic hydroxyl groups is 1. The molecule has 5 nitrogen and oxygen atoms in total. The van der Waals surface area contributed by atoms with E-state index < -0.39 is 11.8 Å². The molecule has 35 heavy (non-hydrogen) atoms. The van der Waals surface area contributed by atoms with Crippen LogP contribution in [0.4, 0.5) is 4.79 Å². The highest BCUT2D eigenvalue weighted by Gasteiger charge is 2.61. The topological polar surface area (TPSA) is 65.0 Å². The van der Waals surface area contributed by atoms with Crippen molar-refractivity contribution >= 4 is 6.16 Å². The molecule has 0 radical (unpaired) electrons. The van der Waals surface area contributed by atoms with Crippen LogP contribution in [0.15, 0.2) is 0 Å². The molecule has 5 unspecified atom stereocenters. The van der Waals surface area contributed by atoms with Gasteiger partial charge in [0.1, 0.15) is 5.60 Å². The first kappa shape index (κ1) is 25.8. The molecule has 3 saturated carbocycles. The van der Waals surface area contributed by atoms with Crippen molar-refractivity contribution in [1.82, 2.24) is 0 Å². The zero-order valence-electron chi connectivity index (χ0n) is 23.2. The van der Waals surface area contributed by atoms with Gasteiger partial charge in [-0.25, -0.2) is 4.79 Å². The third-order valence-corrected chi connectivity index (χ3v) is 11.8. The third-order valence-electron chi connectivity index (χ3n) is 11.8. The average molecular weight is 491 g/mol. The Morgan fingerprint density at radius 1 is 0.943 bits per heavy atom. The highest BCUT2D eigenvalue weighted by Crippen LogP contribution is 2.63. The van der Waals surface area contributed by atoms with E-state index in [1.165, 1.54) is 32.1 Å². The van der Waals surface area contributed by atoms with Gasteiger partial charge in [-0.2, -0.15) is 0 Å². The van der Waals surface area contributed by atoms with Gasteiger partial charge in [-0.1, -0.05) is 47.5 Å². The summed E-state index contributed by atoms with van der Waals surface area (Å²) in [6.07, 6.45) is 9.78. The normalized spacial score (nSPS) is 50.7. The summed E-state index contributed by atoms with van der Waals surface area (Å²) in [6, 6.07) is 0. The first-order chi connectivity index (χ1) is 16.3. The molecule has 3 aliphatic carbocycles. The van der Waals surface area contributed by atoms with Gasteiger partial charge in [0, 0.05) is 0 Å². The summed E-state index contributed by atoms with van der Waals surface area (Å²) in [4.78, 5) is 11.9. The standard InChI is InChI=1S/C30H50O5/c1-17-10-13-24(31)28(3,4)20(17)12-11-19-9-8-14-30(7)21(19)16-22-25(30)18(2)15-23(33-22)26-29(5,6)35-27(32)34-26/h17-26,31H,8-16H2,1-7H3/t17?,18-,19+,20?,21?,22?,23-,24+,25?,26+,30+/m1/s1. The molecule has 5 aliphatic rings. The lowest BCUT2D eigenvalue weighted by Gasteiger charge is -2.50. The van der Waals surface area contributed by atoms with Crippen molar-refractivity contribution in [2.45, 2.75) is 136 Å². The van der Waals surface area contributed by atoms with E-state index in [1.807, 2.05) is 13.8 Å². The van der Waals surface area contributed by atoms with Gasteiger partial charge < -0.3 is 19.3 Å². The summed E-state index contributed by atoms with van der Waals surface area (Å²) in [5.41, 5.74) is -0.290. The highest BCUT2D eigenvalue weighted by molar-refractivity contribution is 5.63. The third kappa shape index (κ3) is 4.25. The largest absolute Gasteiger partial charge is 0.509 e. The SMILES string of the molecule is CC1CC[C@H](O)C(C)(C)C1CC[C@@H]1CCC[C@@]2(C)C1CC1O[C@@H]([C@@H]3OC(=O)OC3(C)C)C[C@@H](C)C12. The Morgan fingerprint density at radius 2 is 1.69 bits per heavy atom. The first-order valence-electron chi connectivity index (χ1n) is 14.6. The second-order valence-electron chi connectivity index (χ2n) is 14.5. The zero-order valence-corrected chi connectivity index (χ0v) is 23.2. The molecule has 2 aliphatic heterocycles. The van der Waals surface area contributed by atoms with Crippen molar-refractivity contribution in [3.05, 3.63) is 0 Å². The number of hydrogen-bond donors (Lipinski definition) is 1. The fourth-order valence-electron chi connectivity index (χ4n) is 9.95. The van der Waals surface area contributed by atoms with Gasteiger partial charge in [0.15, 0.2) is 6.10 Å². The van der Waals surface area contributed by atoms with Crippen LogP contribution < -0.4 is 0 Å². The lowest BCUT2D eigenvalue weighted by Crippen LogP contribution is -2.52. The fraction of sp³-hybridized carbons (Fsp3) is 0.967. The van der Waals surface area contributed by atoms with Crippen LogP contribution in [0.5, 0.6) is 0 Å².